The van der Waals surface area contributed by atoms with E-state index in [1.165, 1.54) is 5.39 Å². The second-order valence-electron chi connectivity index (χ2n) is 5.33. The molecule has 1 aliphatic rings. The number of alkyl halides is 1. The number of benzene rings is 1. The minimum Gasteiger partial charge on any atom is -0.376 e. The molecular weight excluding hydrogens is 272 g/mol. The predicted molar refractivity (Wildman–Crippen MR) is 83.5 cm³/mol. The van der Waals surface area contributed by atoms with Crippen LogP contribution in [0.1, 0.15) is 18.9 Å². The third kappa shape index (κ3) is 2.25. The van der Waals surface area contributed by atoms with E-state index >= 15 is 0 Å². The molecular formula is C16H19ClN2O. The minimum atomic E-state index is 0.244. The fourth-order valence-electron chi connectivity index (χ4n) is 3.01. The van der Waals surface area contributed by atoms with Crippen LogP contribution >= 0.6 is 11.6 Å². The normalized spacial score (nSPS) is 22.4. The Morgan fingerprint density at radius 3 is 2.75 bits per heavy atom. The van der Waals surface area contributed by atoms with Gasteiger partial charge in [-0.1, -0.05) is 24.3 Å². The molecule has 0 spiro atoms. The number of ether oxygens (including phenoxy) is 1. The molecule has 0 saturated carbocycles. The quantitative estimate of drug-likeness (QED) is 0.808. The zero-order valence-corrected chi connectivity index (χ0v) is 12.6. The van der Waals surface area contributed by atoms with E-state index in [0.717, 1.165) is 29.8 Å². The second-order valence-corrected chi connectivity index (χ2v) is 5.60. The van der Waals surface area contributed by atoms with Gasteiger partial charge in [-0.25, -0.2) is 4.98 Å². The molecule has 0 N–H and O–H groups in total. The van der Waals surface area contributed by atoms with Crippen LogP contribution in [0.4, 0.5) is 5.82 Å². The second kappa shape index (κ2) is 5.58. The number of rotatable bonds is 3. The first-order valence-corrected chi connectivity index (χ1v) is 7.53. The molecule has 4 heteroatoms. The highest BCUT2D eigenvalue weighted by Gasteiger charge is 2.29. The molecule has 3 rings (SSSR count). The van der Waals surface area contributed by atoms with Crippen LogP contribution in [0, 0.1) is 0 Å². The lowest BCUT2D eigenvalue weighted by molar-refractivity contribution is 0.118. The first kappa shape index (κ1) is 13.7. The maximum atomic E-state index is 6.01. The molecule has 1 fully saturated rings. The van der Waals surface area contributed by atoms with Crippen molar-refractivity contribution in [3.8, 4) is 0 Å². The highest BCUT2D eigenvalue weighted by Crippen LogP contribution is 2.31. The molecule has 2 heterocycles. The summed E-state index contributed by atoms with van der Waals surface area (Å²) in [5.74, 6) is 1.50. The molecule has 0 aliphatic carbocycles. The average Bonchev–Trinajstić information content (AvgIpc) is 2.91. The van der Waals surface area contributed by atoms with Gasteiger partial charge >= 0.3 is 0 Å². The Labute approximate surface area is 124 Å². The van der Waals surface area contributed by atoms with E-state index in [9.17, 15) is 0 Å². The Kier molecular flexibility index (Phi) is 3.81. The van der Waals surface area contributed by atoms with Crippen LogP contribution in [0.2, 0.25) is 0 Å². The fourth-order valence-corrected chi connectivity index (χ4v) is 3.22. The maximum Gasteiger partial charge on any atom is 0.136 e. The summed E-state index contributed by atoms with van der Waals surface area (Å²) in [7, 11) is 2.10. The van der Waals surface area contributed by atoms with Gasteiger partial charge in [0.25, 0.3) is 0 Å². The molecule has 1 aliphatic heterocycles. The van der Waals surface area contributed by atoms with Crippen LogP contribution in [-0.2, 0) is 10.6 Å². The molecule has 2 unspecified atom stereocenters. The highest BCUT2D eigenvalue weighted by molar-refractivity contribution is 6.18. The van der Waals surface area contributed by atoms with Gasteiger partial charge in [0.2, 0.25) is 0 Å². The Bertz CT molecular complexity index is 616. The number of aromatic nitrogens is 1. The van der Waals surface area contributed by atoms with Gasteiger partial charge in [0.15, 0.2) is 0 Å². The van der Waals surface area contributed by atoms with E-state index in [1.807, 2.05) is 18.3 Å². The largest absolute Gasteiger partial charge is 0.376 e. The number of fused-ring (bicyclic) bond motifs is 1. The molecule has 2 atom stereocenters. The summed E-state index contributed by atoms with van der Waals surface area (Å²) >= 11 is 6.01. The van der Waals surface area contributed by atoms with E-state index in [1.54, 1.807) is 0 Å². The number of nitrogens with zero attached hydrogens (tertiary/aromatic N) is 2. The first-order valence-electron chi connectivity index (χ1n) is 6.99. The molecule has 2 aromatic rings. The fraction of sp³-hybridized carbons (Fsp3) is 0.438. The monoisotopic (exact) mass is 290 g/mol. The smallest absolute Gasteiger partial charge is 0.136 e. The summed E-state index contributed by atoms with van der Waals surface area (Å²) < 4.78 is 5.67. The van der Waals surface area contributed by atoms with Crippen molar-refractivity contribution in [1.82, 2.24) is 4.98 Å². The Morgan fingerprint density at radius 2 is 2.10 bits per heavy atom. The van der Waals surface area contributed by atoms with Crippen LogP contribution in [0.25, 0.3) is 10.8 Å². The van der Waals surface area contributed by atoms with Crippen molar-refractivity contribution in [3.05, 3.63) is 36.0 Å². The van der Waals surface area contributed by atoms with Gasteiger partial charge in [-0.05, 0) is 24.3 Å². The van der Waals surface area contributed by atoms with Gasteiger partial charge < -0.3 is 9.64 Å². The van der Waals surface area contributed by atoms with E-state index in [4.69, 9.17) is 16.3 Å². The zero-order chi connectivity index (χ0) is 14.1. The molecule has 1 aromatic carbocycles. The summed E-state index contributed by atoms with van der Waals surface area (Å²) in [5.41, 5.74) is 1.08. The summed E-state index contributed by atoms with van der Waals surface area (Å²) in [4.78, 5) is 6.89. The molecule has 1 aromatic heterocycles. The lowest BCUT2D eigenvalue weighted by atomic mass is 10.1. The molecule has 106 valence electrons. The number of anilines is 1. The first-order chi connectivity index (χ1) is 9.72. The molecule has 0 bridgehead atoms. The standard InChI is InChI=1S/C16H19ClN2O/c1-11-15(7-8-20-11)19(2)16-14-6-4-3-5-13(14)12(9-17)10-18-16/h3-6,10-11,15H,7-9H2,1-2H3. The summed E-state index contributed by atoms with van der Waals surface area (Å²) in [6, 6.07) is 8.70. The van der Waals surface area contributed by atoms with E-state index < -0.39 is 0 Å². The molecule has 0 radical (unpaired) electrons. The van der Waals surface area contributed by atoms with Gasteiger partial charge in [0.05, 0.1) is 12.1 Å². The summed E-state index contributed by atoms with van der Waals surface area (Å²) in [5, 5.41) is 2.35. The number of pyridine rings is 1. The van der Waals surface area contributed by atoms with E-state index in [2.05, 4.69) is 36.0 Å². The van der Waals surface area contributed by atoms with Crippen molar-refractivity contribution >= 4 is 28.2 Å². The zero-order valence-electron chi connectivity index (χ0n) is 11.8. The van der Waals surface area contributed by atoms with Crippen LogP contribution in [0.15, 0.2) is 30.5 Å². The molecule has 0 amide bonds. The van der Waals surface area contributed by atoms with Gasteiger partial charge in [0, 0.05) is 31.1 Å². The topological polar surface area (TPSA) is 25.4 Å². The van der Waals surface area contributed by atoms with Crippen molar-refractivity contribution in [3.63, 3.8) is 0 Å². The van der Waals surface area contributed by atoms with Gasteiger partial charge in [-0.3, -0.25) is 0 Å². The SMILES string of the molecule is CC1OCCC1N(C)c1ncc(CCl)c2ccccc12. The van der Waals surface area contributed by atoms with Crippen molar-refractivity contribution in [2.24, 2.45) is 0 Å². The van der Waals surface area contributed by atoms with Crippen LogP contribution in [0.3, 0.4) is 0 Å². The molecule has 1 saturated heterocycles. The molecule has 3 nitrogen and oxygen atoms in total. The lowest BCUT2D eigenvalue weighted by Crippen LogP contribution is -2.37. The van der Waals surface area contributed by atoms with Crippen molar-refractivity contribution < 1.29 is 4.74 Å². The number of likely N-dealkylation sites (N-methyl/N-ethyl adjacent to an activating group) is 1. The number of hydrogen-bond acceptors (Lipinski definition) is 3. The van der Waals surface area contributed by atoms with Gasteiger partial charge in [0.1, 0.15) is 5.82 Å². The summed E-state index contributed by atoms with van der Waals surface area (Å²) in [6.07, 6.45) is 3.18. The number of halogens is 1. The Morgan fingerprint density at radius 1 is 1.35 bits per heavy atom. The van der Waals surface area contributed by atoms with Crippen LogP contribution in [0.5, 0.6) is 0 Å². The Balaban J connectivity index is 2.07. The average molecular weight is 291 g/mol. The number of hydrogen-bond donors (Lipinski definition) is 0. The van der Waals surface area contributed by atoms with E-state index in [-0.39, 0.29) is 6.10 Å². The Hall–Kier alpha value is -1.32. The van der Waals surface area contributed by atoms with Gasteiger partial charge in [-0.15, -0.1) is 11.6 Å². The minimum absolute atomic E-state index is 0.244. The van der Waals surface area contributed by atoms with Crippen molar-refractivity contribution in [2.45, 2.75) is 31.4 Å². The van der Waals surface area contributed by atoms with E-state index in [0.29, 0.717) is 11.9 Å². The third-order valence-electron chi connectivity index (χ3n) is 4.17. The van der Waals surface area contributed by atoms with Crippen LogP contribution < -0.4 is 4.90 Å². The molecule has 20 heavy (non-hydrogen) atoms. The highest BCUT2D eigenvalue weighted by atomic mass is 35.5. The van der Waals surface area contributed by atoms with Crippen LogP contribution in [-0.4, -0.2) is 30.8 Å². The van der Waals surface area contributed by atoms with Crippen molar-refractivity contribution in [1.29, 1.82) is 0 Å². The maximum absolute atomic E-state index is 6.01. The third-order valence-corrected chi connectivity index (χ3v) is 4.46. The lowest BCUT2D eigenvalue weighted by Gasteiger charge is -2.29. The van der Waals surface area contributed by atoms with Gasteiger partial charge in [-0.2, -0.15) is 0 Å². The summed E-state index contributed by atoms with van der Waals surface area (Å²) in [6.45, 7) is 2.96. The predicted octanol–water partition coefficient (Wildman–Crippen LogP) is 3.59. The van der Waals surface area contributed by atoms with Crippen molar-refractivity contribution in [2.75, 3.05) is 18.6 Å².